The molecule has 0 aliphatic carbocycles. The van der Waals surface area contributed by atoms with Crippen LogP contribution in [0.3, 0.4) is 0 Å². The van der Waals surface area contributed by atoms with Crippen molar-refractivity contribution in [2.24, 2.45) is 0 Å². The van der Waals surface area contributed by atoms with Gasteiger partial charge in [-0.2, -0.15) is 0 Å². The van der Waals surface area contributed by atoms with E-state index in [1.807, 2.05) is 0 Å². The minimum Gasteiger partial charge on any atom is -0.380 e. The first-order valence-electron chi connectivity index (χ1n) is 5.65. The number of ether oxygens (including phenoxy) is 1. The van der Waals surface area contributed by atoms with Crippen LogP contribution in [0.2, 0.25) is 0 Å². The quantitative estimate of drug-likeness (QED) is 0.741. The summed E-state index contributed by atoms with van der Waals surface area (Å²) in [5.74, 6) is 0. The third kappa shape index (κ3) is 6.91. The molecule has 1 aromatic rings. The minimum absolute atomic E-state index is 0.171. The molecule has 0 radical (unpaired) electrons. The summed E-state index contributed by atoms with van der Waals surface area (Å²) in [6.07, 6.45) is 0.957. The molecule has 0 unspecified atom stereocenters. The van der Waals surface area contributed by atoms with E-state index in [1.165, 1.54) is 9.35 Å². The minimum atomic E-state index is 0.171. The molecular weight excluding hydrogens is 366 g/mol. The Morgan fingerprint density at radius 1 is 1.29 bits per heavy atom. The van der Waals surface area contributed by atoms with Crippen molar-refractivity contribution in [1.29, 1.82) is 0 Å². The number of rotatable bonds is 6. The van der Waals surface area contributed by atoms with E-state index in [2.05, 4.69) is 64.0 Å². The lowest BCUT2D eigenvalue weighted by Crippen LogP contribution is -2.38. The van der Waals surface area contributed by atoms with E-state index < -0.39 is 0 Å². The van der Waals surface area contributed by atoms with Crippen LogP contribution in [0.15, 0.2) is 13.6 Å². The van der Waals surface area contributed by atoms with Gasteiger partial charge in [0.15, 0.2) is 0 Å². The smallest absolute Gasteiger partial charge is 0.0743 e. The van der Waals surface area contributed by atoms with Gasteiger partial charge >= 0.3 is 0 Å². The molecule has 0 saturated heterocycles. The van der Waals surface area contributed by atoms with Gasteiger partial charge in [0.1, 0.15) is 0 Å². The number of hydrogen-bond acceptors (Lipinski definition) is 3. The van der Waals surface area contributed by atoms with E-state index in [9.17, 15) is 0 Å². The standard InChI is InChI=1S/C12H19Br2NOS/c1-12(2,3)15-5-7-16-6-4-9-8-10(13)17-11(9)14/h8,15H,4-7H2,1-3H3. The van der Waals surface area contributed by atoms with Crippen LogP contribution in [-0.2, 0) is 11.2 Å². The Labute approximate surface area is 124 Å². The highest BCUT2D eigenvalue weighted by molar-refractivity contribution is 9.12. The Kier molecular flexibility index (Phi) is 6.66. The van der Waals surface area contributed by atoms with Crippen molar-refractivity contribution < 1.29 is 4.74 Å². The van der Waals surface area contributed by atoms with Crippen LogP contribution in [0.5, 0.6) is 0 Å². The van der Waals surface area contributed by atoms with Crippen molar-refractivity contribution in [2.45, 2.75) is 32.7 Å². The average Bonchev–Trinajstić information content (AvgIpc) is 2.49. The van der Waals surface area contributed by atoms with Gasteiger partial charge in [-0.25, -0.2) is 0 Å². The number of thiophene rings is 1. The Morgan fingerprint density at radius 2 is 2.00 bits per heavy atom. The van der Waals surface area contributed by atoms with Crippen LogP contribution in [0, 0.1) is 0 Å². The molecule has 1 aromatic heterocycles. The van der Waals surface area contributed by atoms with Crippen LogP contribution in [0.4, 0.5) is 0 Å². The maximum Gasteiger partial charge on any atom is 0.0743 e. The molecule has 5 heteroatoms. The molecule has 1 heterocycles. The zero-order chi connectivity index (χ0) is 12.9. The first-order valence-corrected chi connectivity index (χ1v) is 8.05. The van der Waals surface area contributed by atoms with Crippen LogP contribution >= 0.6 is 43.2 Å². The van der Waals surface area contributed by atoms with Crippen molar-refractivity contribution in [3.8, 4) is 0 Å². The molecule has 0 aromatic carbocycles. The summed E-state index contributed by atoms with van der Waals surface area (Å²) in [4.78, 5) is 0. The zero-order valence-electron chi connectivity index (χ0n) is 10.5. The van der Waals surface area contributed by atoms with E-state index in [0.717, 1.165) is 30.0 Å². The number of halogens is 2. The van der Waals surface area contributed by atoms with Crippen LogP contribution < -0.4 is 5.32 Å². The van der Waals surface area contributed by atoms with Crippen LogP contribution in [0.25, 0.3) is 0 Å². The van der Waals surface area contributed by atoms with E-state index >= 15 is 0 Å². The molecule has 0 saturated carbocycles. The largest absolute Gasteiger partial charge is 0.380 e. The summed E-state index contributed by atoms with van der Waals surface area (Å²) in [5, 5.41) is 3.40. The monoisotopic (exact) mass is 383 g/mol. The first kappa shape index (κ1) is 15.6. The third-order valence-electron chi connectivity index (χ3n) is 2.14. The van der Waals surface area contributed by atoms with Gasteiger partial charge in [-0.1, -0.05) is 0 Å². The molecule has 0 amide bonds. The topological polar surface area (TPSA) is 21.3 Å². The lowest BCUT2D eigenvalue weighted by atomic mass is 10.1. The summed E-state index contributed by atoms with van der Waals surface area (Å²) in [6, 6.07) is 2.14. The highest BCUT2D eigenvalue weighted by atomic mass is 79.9. The second-order valence-corrected chi connectivity index (χ2v) is 8.64. The molecule has 17 heavy (non-hydrogen) atoms. The molecule has 1 rings (SSSR count). The molecular formula is C12H19Br2NOS. The maximum atomic E-state index is 5.60. The predicted octanol–water partition coefficient (Wildman–Crippen LogP) is 4.22. The molecule has 0 aliphatic heterocycles. The van der Waals surface area contributed by atoms with Gasteiger partial charge in [0.25, 0.3) is 0 Å². The van der Waals surface area contributed by atoms with Crippen molar-refractivity contribution in [3.63, 3.8) is 0 Å². The van der Waals surface area contributed by atoms with E-state index in [1.54, 1.807) is 11.3 Å². The van der Waals surface area contributed by atoms with Crippen molar-refractivity contribution in [2.75, 3.05) is 19.8 Å². The average molecular weight is 385 g/mol. The Bertz CT molecular complexity index is 347. The van der Waals surface area contributed by atoms with Crippen molar-refractivity contribution in [3.05, 3.63) is 19.2 Å². The second-order valence-electron chi connectivity index (χ2n) is 4.89. The molecule has 0 aliphatic rings. The van der Waals surface area contributed by atoms with Crippen molar-refractivity contribution in [1.82, 2.24) is 5.32 Å². The summed E-state index contributed by atoms with van der Waals surface area (Å²) in [6.45, 7) is 8.92. The van der Waals surface area contributed by atoms with Gasteiger partial charge < -0.3 is 10.1 Å². The van der Waals surface area contributed by atoms with Gasteiger partial charge in [-0.3, -0.25) is 0 Å². The molecule has 0 bridgehead atoms. The van der Waals surface area contributed by atoms with Gasteiger partial charge in [0.2, 0.25) is 0 Å². The molecule has 1 N–H and O–H groups in total. The summed E-state index contributed by atoms with van der Waals surface area (Å²) >= 11 is 8.73. The number of hydrogen-bond donors (Lipinski definition) is 1. The second kappa shape index (κ2) is 7.24. The van der Waals surface area contributed by atoms with Crippen molar-refractivity contribution >= 4 is 43.2 Å². The van der Waals surface area contributed by atoms with E-state index in [4.69, 9.17) is 4.74 Å². The lowest BCUT2D eigenvalue weighted by Gasteiger charge is -2.20. The molecule has 0 atom stereocenters. The lowest BCUT2D eigenvalue weighted by molar-refractivity contribution is 0.133. The summed E-state index contributed by atoms with van der Waals surface area (Å²) in [5.41, 5.74) is 1.48. The Hall–Kier alpha value is 0.580. The van der Waals surface area contributed by atoms with Gasteiger partial charge in [0.05, 0.1) is 20.8 Å². The zero-order valence-corrected chi connectivity index (χ0v) is 14.5. The molecule has 2 nitrogen and oxygen atoms in total. The summed E-state index contributed by atoms with van der Waals surface area (Å²) < 4.78 is 7.96. The van der Waals surface area contributed by atoms with E-state index in [0.29, 0.717) is 0 Å². The molecule has 0 spiro atoms. The third-order valence-corrected chi connectivity index (χ3v) is 4.61. The van der Waals surface area contributed by atoms with Crippen LogP contribution in [0.1, 0.15) is 26.3 Å². The SMILES string of the molecule is CC(C)(C)NCCOCCc1cc(Br)sc1Br. The van der Waals surface area contributed by atoms with Gasteiger partial charge in [0, 0.05) is 12.1 Å². The van der Waals surface area contributed by atoms with Crippen LogP contribution in [-0.4, -0.2) is 25.3 Å². The fourth-order valence-corrected chi connectivity index (χ4v) is 4.24. The predicted molar refractivity (Wildman–Crippen MR) is 82.0 cm³/mol. The molecule has 0 fully saturated rings. The highest BCUT2D eigenvalue weighted by Gasteiger charge is 2.07. The normalized spacial score (nSPS) is 12.1. The summed E-state index contributed by atoms with van der Waals surface area (Å²) in [7, 11) is 0. The Morgan fingerprint density at radius 3 is 2.53 bits per heavy atom. The van der Waals surface area contributed by atoms with Gasteiger partial charge in [-0.15, -0.1) is 11.3 Å². The highest BCUT2D eigenvalue weighted by Crippen LogP contribution is 2.31. The fourth-order valence-electron chi connectivity index (χ4n) is 1.33. The fraction of sp³-hybridized carbons (Fsp3) is 0.667. The number of nitrogens with one attached hydrogen (secondary N) is 1. The first-order chi connectivity index (χ1) is 7.88. The molecule has 98 valence electrons. The van der Waals surface area contributed by atoms with Gasteiger partial charge in [-0.05, 0) is 70.7 Å². The Balaban J connectivity index is 2.11. The maximum absolute atomic E-state index is 5.60. The van der Waals surface area contributed by atoms with E-state index in [-0.39, 0.29) is 5.54 Å².